The summed E-state index contributed by atoms with van der Waals surface area (Å²) in [6, 6.07) is 13.5. The molecule has 1 fully saturated rings. The first-order valence-corrected chi connectivity index (χ1v) is 7.75. The number of benzene rings is 1. The van der Waals surface area contributed by atoms with E-state index in [1.54, 1.807) is 0 Å². The van der Waals surface area contributed by atoms with Crippen molar-refractivity contribution in [3.05, 3.63) is 59.9 Å². The zero-order valence-electron chi connectivity index (χ0n) is 12.6. The summed E-state index contributed by atoms with van der Waals surface area (Å²) in [7, 11) is 0. The van der Waals surface area contributed by atoms with E-state index in [4.69, 9.17) is 0 Å². The van der Waals surface area contributed by atoms with E-state index in [0.29, 0.717) is 6.04 Å². The van der Waals surface area contributed by atoms with E-state index in [1.165, 1.54) is 23.2 Å². The van der Waals surface area contributed by atoms with Crippen LogP contribution in [-0.4, -0.2) is 30.7 Å². The van der Waals surface area contributed by atoms with Gasteiger partial charge in [0.1, 0.15) is 0 Å². The summed E-state index contributed by atoms with van der Waals surface area (Å²) in [4.78, 5) is 6.80. The standard InChI is InChI=1S/C18H23N3/c1-15-10-18(13-19-12-15)21-9-5-8-20-17(14-21)11-16-6-3-2-4-7-16/h2-4,6-7,10,12-13,17,20H,5,8-9,11,14H2,1H3. The van der Waals surface area contributed by atoms with Gasteiger partial charge >= 0.3 is 0 Å². The summed E-state index contributed by atoms with van der Waals surface area (Å²) < 4.78 is 0. The highest BCUT2D eigenvalue weighted by Gasteiger charge is 2.18. The smallest absolute Gasteiger partial charge is 0.0555 e. The predicted octanol–water partition coefficient (Wildman–Crippen LogP) is 2.80. The van der Waals surface area contributed by atoms with Crippen LogP contribution in [0.15, 0.2) is 48.8 Å². The normalized spacial score (nSPS) is 19.3. The summed E-state index contributed by atoms with van der Waals surface area (Å²) in [5.74, 6) is 0. The first-order valence-electron chi connectivity index (χ1n) is 7.75. The first-order chi connectivity index (χ1) is 10.3. The minimum absolute atomic E-state index is 0.496. The lowest BCUT2D eigenvalue weighted by molar-refractivity contribution is 0.540. The Labute approximate surface area is 127 Å². The molecular formula is C18H23N3. The molecule has 1 aromatic carbocycles. The van der Waals surface area contributed by atoms with Crippen molar-refractivity contribution in [1.29, 1.82) is 0 Å². The van der Waals surface area contributed by atoms with Gasteiger partial charge < -0.3 is 10.2 Å². The van der Waals surface area contributed by atoms with Crippen molar-refractivity contribution < 1.29 is 0 Å². The molecule has 21 heavy (non-hydrogen) atoms. The third-order valence-corrected chi connectivity index (χ3v) is 4.03. The quantitative estimate of drug-likeness (QED) is 0.937. The molecule has 1 N–H and O–H groups in total. The van der Waals surface area contributed by atoms with Gasteiger partial charge in [0.2, 0.25) is 0 Å². The molecule has 1 aliphatic heterocycles. The van der Waals surface area contributed by atoms with Crippen LogP contribution in [0.5, 0.6) is 0 Å². The summed E-state index contributed by atoms with van der Waals surface area (Å²) in [5.41, 5.74) is 3.88. The zero-order valence-corrected chi connectivity index (χ0v) is 12.6. The average molecular weight is 281 g/mol. The van der Waals surface area contributed by atoms with Gasteiger partial charge in [0, 0.05) is 25.3 Å². The number of hydrogen-bond acceptors (Lipinski definition) is 3. The summed E-state index contributed by atoms with van der Waals surface area (Å²) in [6.45, 7) is 5.34. The number of pyridine rings is 1. The molecule has 0 spiro atoms. The molecule has 0 amide bonds. The summed E-state index contributed by atoms with van der Waals surface area (Å²) in [5, 5.41) is 3.68. The van der Waals surface area contributed by atoms with Gasteiger partial charge in [-0.3, -0.25) is 4.98 Å². The Hall–Kier alpha value is -1.87. The Bertz CT molecular complexity index is 568. The van der Waals surface area contributed by atoms with Crippen molar-refractivity contribution in [2.75, 3.05) is 24.5 Å². The van der Waals surface area contributed by atoms with Crippen LogP contribution in [0.25, 0.3) is 0 Å². The molecule has 3 rings (SSSR count). The lowest BCUT2D eigenvalue weighted by Crippen LogP contribution is -2.39. The Morgan fingerprint density at radius 2 is 2.10 bits per heavy atom. The molecular weight excluding hydrogens is 258 g/mol. The minimum atomic E-state index is 0.496. The van der Waals surface area contributed by atoms with Crippen molar-refractivity contribution in [3.63, 3.8) is 0 Å². The number of anilines is 1. The predicted molar refractivity (Wildman–Crippen MR) is 87.7 cm³/mol. The van der Waals surface area contributed by atoms with E-state index in [0.717, 1.165) is 26.1 Å². The third-order valence-electron chi connectivity index (χ3n) is 4.03. The molecule has 3 nitrogen and oxygen atoms in total. The Morgan fingerprint density at radius 3 is 2.90 bits per heavy atom. The van der Waals surface area contributed by atoms with Crippen LogP contribution in [0.1, 0.15) is 17.5 Å². The maximum Gasteiger partial charge on any atom is 0.0555 e. The van der Waals surface area contributed by atoms with Gasteiger partial charge in [-0.05, 0) is 43.5 Å². The average Bonchev–Trinajstić information content (AvgIpc) is 2.74. The highest BCUT2D eigenvalue weighted by atomic mass is 15.2. The Kier molecular flexibility index (Phi) is 4.51. The van der Waals surface area contributed by atoms with Gasteiger partial charge in [-0.1, -0.05) is 30.3 Å². The Morgan fingerprint density at radius 1 is 1.24 bits per heavy atom. The zero-order chi connectivity index (χ0) is 14.5. The number of aromatic nitrogens is 1. The lowest BCUT2D eigenvalue weighted by Gasteiger charge is -2.26. The van der Waals surface area contributed by atoms with Crippen molar-refractivity contribution in [3.8, 4) is 0 Å². The van der Waals surface area contributed by atoms with Crippen molar-refractivity contribution in [2.24, 2.45) is 0 Å². The maximum atomic E-state index is 4.34. The number of rotatable bonds is 3. The van der Waals surface area contributed by atoms with E-state index < -0.39 is 0 Å². The van der Waals surface area contributed by atoms with Gasteiger partial charge in [0.25, 0.3) is 0 Å². The fraction of sp³-hybridized carbons (Fsp3) is 0.389. The molecule has 3 heteroatoms. The molecule has 1 aromatic heterocycles. The molecule has 1 unspecified atom stereocenters. The monoisotopic (exact) mass is 281 g/mol. The molecule has 110 valence electrons. The van der Waals surface area contributed by atoms with Crippen LogP contribution in [0.3, 0.4) is 0 Å². The van der Waals surface area contributed by atoms with Crippen LogP contribution in [0, 0.1) is 6.92 Å². The van der Waals surface area contributed by atoms with E-state index in [-0.39, 0.29) is 0 Å². The van der Waals surface area contributed by atoms with Gasteiger partial charge in [-0.2, -0.15) is 0 Å². The lowest BCUT2D eigenvalue weighted by atomic mass is 10.1. The second-order valence-corrected chi connectivity index (χ2v) is 5.86. The first kappa shape index (κ1) is 14.1. The summed E-state index contributed by atoms with van der Waals surface area (Å²) >= 11 is 0. The van der Waals surface area contributed by atoms with Crippen LogP contribution < -0.4 is 10.2 Å². The molecule has 0 aliphatic carbocycles. The number of nitrogens with zero attached hydrogens (tertiary/aromatic N) is 2. The van der Waals surface area contributed by atoms with Gasteiger partial charge in [-0.25, -0.2) is 0 Å². The third kappa shape index (κ3) is 3.82. The van der Waals surface area contributed by atoms with Crippen LogP contribution in [0.4, 0.5) is 5.69 Å². The van der Waals surface area contributed by atoms with Crippen LogP contribution >= 0.6 is 0 Å². The SMILES string of the molecule is Cc1cncc(N2CCCNC(Cc3ccccc3)C2)c1. The molecule has 0 radical (unpaired) electrons. The van der Waals surface area contributed by atoms with E-state index in [2.05, 4.69) is 58.5 Å². The fourth-order valence-electron chi connectivity index (χ4n) is 2.98. The van der Waals surface area contributed by atoms with Gasteiger partial charge in [0.15, 0.2) is 0 Å². The summed E-state index contributed by atoms with van der Waals surface area (Å²) in [6.07, 6.45) is 6.16. The number of hydrogen-bond donors (Lipinski definition) is 1. The van der Waals surface area contributed by atoms with Gasteiger partial charge in [-0.15, -0.1) is 0 Å². The maximum absolute atomic E-state index is 4.34. The largest absolute Gasteiger partial charge is 0.369 e. The Balaban J connectivity index is 1.71. The molecule has 1 atom stereocenters. The van der Waals surface area contributed by atoms with Crippen LogP contribution in [0.2, 0.25) is 0 Å². The van der Waals surface area contributed by atoms with E-state index >= 15 is 0 Å². The van der Waals surface area contributed by atoms with Crippen molar-refractivity contribution >= 4 is 5.69 Å². The molecule has 0 saturated carbocycles. The number of aryl methyl sites for hydroxylation is 1. The minimum Gasteiger partial charge on any atom is -0.369 e. The molecule has 2 heterocycles. The highest BCUT2D eigenvalue weighted by molar-refractivity contribution is 5.46. The second-order valence-electron chi connectivity index (χ2n) is 5.86. The number of nitrogens with one attached hydrogen (secondary N) is 1. The van der Waals surface area contributed by atoms with Crippen molar-refractivity contribution in [1.82, 2.24) is 10.3 Å². The topological polar surface area (TPSA) is 28.2 Å². The second kappa shape index (κ2) is 6.72. The molecule has 0 bridgehead atoms. The fourth-order valence-corrected chi connectivity index (χ4v) is 2.98. The molecule has 2 aromatic rings. The molecule has 1 aliphatic rings. The van der Waals surface area contributed by atoms with Crippen molar-refractivity contribution in [2.45, 2.75) is 25.8 Å². The molecule has 1 saturated heterocycles. The van der Waals surface area contributed by atoms with Gasteiger partial charge in [0.05, 0.1) is 11.9 Å². The van der Waals surface area contributed by atoms with E-state index in [9.17, 15) is 0 Å². The highest BCUT2D eigenvalue weighted by Crippen LogP contribution is 2.17. The van der Waals surface area contributed by atoms with Crippen LogP contribution in [-0.2, 0) is 6.42 Å². The van der Waals surface area contributed by atoms with E-state index in [1.807, 2.05) is 12.4 Å².